The minimum absolute atomic E-state index is 0.751. The molecule has 126 valence electrons. The number of aryl methyl sites for hydroxylation is 1. The lowest BCUT2D eigenvalue weighted by atomic mass is 10.2. The molecule has 0 amide bonds. The Bertz CT molecular complexity index is 792. The molecule has 0 aliphatic carbocycles. The minimum atomic E-state index is 0.751. The van der Waals surface area contributed by atoms with Gasteiger partial charge in [-0.3, -0.25) is 0 Å². The number of benzene rings is 1. The van der Waals surface area contributed by atoms with E-state index in [-0.39, 0.29) is 0 Å². The van der Waals surface area contributed by atoms with E-state index in [1.807, 2.05) is 37.3 Å². The number of aromatic amines is 1. The van der Waals surface area contributed by atoms with E-state index < -0.39 is 0 Å². The molecule has 0 aliphatic heterocycles. The molecule has 0 unspecified atom stereocenters. The Morgan fingerprint density at radius 2 is 1.88 bits per heavy atom. The summed E-state index contributed by atoms with van der Waals surface area (Å²) in [5, 5.41) is 4.55. The predicted molar refractivity (Wildman–Crippen MR) is 100 cm³/mol. The Balaban J connectivity index is 1.82. The zero-order valence-corrected chi connectivity index (χ0v) is 14.6. The van der Waals surface area contributed by atoms with Crippen LogP contribution in [-0.2, 0) is 0 Å². The molecule has 0 bridgehead atoms. The molecule has 0 spiro atoms. The first-order valence-corrected chi connectivity index (χ1v) is 8.45. The Kier molecular flexibility index (Phi) is 5.11. The van der Waals surface area contributed by atoms with Crippen molar-refractivity contribution in [2.75, 3.05) is 32.5 Å². The summed E-state index contributed by atoms with van der Waals surface area (Å²) in [4.78, 5) is 15.0. The van der Waals surface area contributed by atoms with Crippen molar-refractivity contribution in [2.24, 2.45) is 0 Å². The molecule has 3 aromatic rings. The van der Waals surface area contributed by atoms with E-state index in [4.69, 9.17) is 4.98 Å². The lowest BCUT2D eigenvalue weighted by Crippen LogP contribution is -2.14. The average Bonchev–Trinajstić information content (AvgIpc) is 2.95. The standard InChI is InChI=1S/C19H25N5/c1-14-13-16-18(20-11-7-8-12-24(2)3)22-17(23-19(16)21-14)15-9-5-4-6-10-15/h4-6,9-10,13H,7-8,11-12H2,1-3H3,(H2,20,21,22,23). The Morgan fingerprint density at radius 3 is 2.62 bits per heavy atom. The molecule has 2 N–H and O–H groups in total. The van der Waals surface area contributed by atoms with Gasteiger partial charge in [0.15, 0.2) is 5.82 Å². The van der Waals surface area contributed by atoms with Gasteiger partial charge in [-0.1, -0.05) is 30.3 Å². The second-order valence-corrected chi connectivity index (χ2v) is 6.41. The van der Waals surface area contributed by atoms with Gasteiger partial charge in [0, 0.05) is 17.8 Å². The van der Waals surface area contributed by atoms with E-state index in [9.17, 15) is 0 Å². The first-order chi connectivity index (χ1) is 11.6. The van der Waals surface area contributed by atoms with E-state index >= 15 is 0 Å². The van der Waals surface area contributed by atoms with Gasteiger partial charge in [0.25, 0.3) is 0 Å². The minimum Gasteiger partial charge on any atom is -0.369 e. The summed E-state index contributed by atoms with van der Waals surface area (Å²) in [7, 11) is 4.21. The van der Waals surface area contributed by atoms with Gasteiger partial charge in [-0.25, -0.2) is 9.97 Å². The van der Waals surface area contributed by atoms with Gasteiger partial charge >= 0.3 is 0 Å². The molecule has 3 rings (SSSR count). The molecule has 0 fully saturated rings. The van der Waals surface area contributed by atoms with Crippen LogP contribution in [0.2, 0.25) is 0 Å². The molecular formula is C19H25N5. The largest absolute Gasteiger partial charge is 0.369 e. The van der Waals surface area contributed by atoms with E-state index in [1.165, 1.54) is 6.42 Å². The van der Waals surface area contributed by atoms with Crippen LogP contribution in [0.1, 0.15) is 18.5 Å². The molecule has 5 heteroatoms. The van der Waals surface area contributed by atoms with Gasteiger partial charge in [-0.2, -0.15) is 0 Å². The highest BCUT2D eigenvalue weighted by Crippen LogP contribution is 2.25. The molecule has 5 nitrogen and oxygen atoms in total. The summed E-state index contributed by atoms with van der Waals surface area (Å²) in [6.45, 7) is 4.07. The lowest BCUT2D eigenvalue weighted by molar-refractivity contribution is 0.396. The van der Waals surface area contributed by atoms with Crippen LogP contribution in [0.25, 0.3) is 22.4 Å². The molecule has 0 aliphatic rings. The maximum absolute atomic E-state index is 4.76. The second kappa shape index (κ2) is 7.45. The van der Waals surface area contributed by atoms with Gasteiger partial charge in [0.05, 0.1) is 5.39 Å². The van der Waals surface area contributed by atoms with E-state index in [0.717, 1.165) is 53.4 Å². The number of hydrogen-bond acceptors (Lipinski definition) is 4. The maximum atomic E-state index is 4.76. The molecule has 0 atom stereocenters. The zero-order valence-electron chi connectivity index (χ0n) is 14.6. The second-order valence-electron chi connectivity index (χ2n) is 6.41. The Morgan fingerprint density at radius 1 is 1.08 bits per heavy atom. The molecule has 24 heavy (non-hydrogen) atoms. The monoisotopic (exact) mass is 323 g/mol. The number of aromatic nitrogens is 3. The third-order valence-electron chi connectivity index (χ3n) is 3.98. The molecule has 0 saturated carbocycles. The molecule has 0 saturated heterocycles. The Hall–Kier alpha value is -2.40. The summed E-state index contributed by atoms with van der Waals surface area (Å²) < 4.78 is 0. The van der Waals surface area contributed by atoms with E-state index in [1.54, 1.807) is 0 Å². The van der Waals surface area contributed by atoms with Gasteiger partial charge < -0.3 is 15.2 Å². The van der Waals surface area contributed by atoms with Crippen LogP contribution in [-0.4, -0.2) is 47.0 Å². The van der Waals surface area contributed by atoms with Crippen LogP contribution >= 0.6 is 0 Å². The summed E-state index contributed by atoms with van der Waals surface area (Å²) in [6.07, 6.45) is 2.29. The number of unbranched alkanes of at least 4 members (excludes halogenated alkanes) is 1. The average molecular weight is 323 g/mol. The number of fused-ring (bicyclic) bond motifs is 1. The van der Waals surface area contributed by atoms with Crippen molar-refractivity contribution >= 4 is 16.9 Å². The number of nitrogens with one attached hydrogen (secondary N) is 2. The zero-order chi connectivity index (χ0) is 16.9. The summed E-state index contributed by atoms with van der Waals surface area (Å²) in [6, 6.07) is 12.2. The topological polar surface area (TPSA) is 56.8 Å². The van der Waals surface area contributed by atoms with Crippen LogP contribution in [0.15, 0.2) is 36.4 Å². The van der Waals surface area contributed by atoms with Crippen molar-refractivity contribution in [3.8, 4) is 11.4 Å². The van der Waals surface area contributed by atoms with E-state index in [2.05, 4.69) is 40.3 Å². The Labute approximate surface area is 143 Å². The van der Waals surface area contributed by atoms with Gasteiger partial charge in [-0.15, -0.1) is 0 Å². The fourth-order valence-corrected chi connectivity index (χ4v) is 2.75. The van der Waals surface area contributed by atoms with Crippen LogP contribution in [0, 0.1) is 6.92 Å². The number of hydrogen-bond donors (Lipinski definition) is 2. The van der Waals surface area contributed by atoms with Crippen molar-refractivity contribution in [1.29, 1.82) is 0 Å². The van der Waals surface area contributed by atoms with Crippen molar-refractivity contribution in [3.05, 3.63) is 42.1 Å². The fraction of sp³-hybridized carbons (Fsp3) is 0.368. The third kappa shape index (κ3) is 3.92. The van der Waals surface area contributed by atoms with Crippen molar-refractivity contribution in [2.45, 2.75) is 19.8 Å². The quantitative estimate of drug-likeness (QED) is 0.651. The molecular weight excluding hydrogens is 298 g/mol. The maximum Gasteiger partial charge on any atom is 0.163 e. The van der Waals surface area contributed by atoms with Crippen LogP contribution < -0.4 is 5.32 Å². The van der Waals surface area contributed by atoms with Crippen molar-refractivity contribution < 1.29 is 0 Å². The first-order valence-electron chi connectivity index (χ1n) is 8.45. The van der Waals surface area contributed by atoms with E-state index in [0.29, 0.717) is 0 Å². The molecule has 1 aromatic carbocycles. The third-order valence-corrected chi connectivity index (χ3v) is 3.98. The number of rotatable bonds is 7. The van der Waals surface area contributed by atoms with Crippen molar-refractivity contribution in [3.63, 3.8) is 0 Å². The van der Waals surface area contributed by atoms with Crippen LogP contribution in [0.4, 0.5) is 5.82 Å². The van der Waals surface area contributed by atoms with Gasteiger partial charge in [0.2, 0.25) is 0 Å². The van der Waals surface area contributed by atoms with Crippen LogP contribution in [0.5, 0.6) is 0 Å². The van der Waals surface area contributed by atoms with Crippen molar-refractivity contribution in [1.82, 2.24) is 19.9 Å². The van der Waals surface area contributed by atoms with Gasteiger partial charge in [-0.05, 0) is 46.5 Å². The fourth-order valence-electron chi connectivity index (χ4n) is 2.75. The SMILES string of the molecule is Cc1cc2c(NCCCCN(C)C)nc(-c3ccccc3)nc2[nH]1. The first kappa shape index (κ1) is 16.5. The summed E-state index contributed by atoms with van der Waals surface area (Å²) >= 11 is 0. The molecule has 0 radical (unpaired) electrons. The smallest absolute Gasteiger partial charge is 0.163 e. The lowest BCUT2D eigenvalue weighted by Gasteiger charge is -2.11. The normalized spacial score (nSPS) is 11.3. The summed E-state index contributed by atoms with van der Waals surface area (Å²) in [5.74, 6) is 1.66. The molecule has 2 heterocycles. The predicted octanol–water partition coefficient (Wildman–Crippen LogP) is 3.69. The number of nitrogens with zero attached hydrogens (tertiary/aromatic N) is 3. The highest BCUT2D eigenvalue weighted by molar-refractivity contribution is 5.89. The number of H-pyrrole nitrogens is 1. The number of anilines is 1. The molecule has 2 aromatic heterocycles. The highest BCUT2D eigenvalue weighted by Gasteiger charge is 2.11. The summed E-state index contributed by atoms with van der Waals surface area (Å²) in [5.41, 5.74) is 3.01. The van der Waals surface area contributed by atoms with Crippen LogP contribution in [0.3, 0.4) is 0 Å². The van der Waals surface area contributed by atoms with Gasteiger partial charge in [0.1, 0.15) is 11.5 Å². The highest BCUT2D eigenvalue weighted by atomic mass is 15.1.